The van der Waals surface area contributed by atoms with Crippen LogP contribution in [0.25, 0.3) is 10.6 Å². The van der Waals surface area contributed by atoms with E-state index in [1.54, 1.807) is 23.6 Å². The first-order chi connectivity index (χ1) is 12.3. The van der Waals surface area contributed by atoms with Crippen molar-refractivity contribution in [3.63, 3.8) is 0 Å². The molecule has 2 aromatic heterocycles. The summed E-state index contributed by atoms with van der Waals surface area (Å²) in [5, 5.41) is 13.6. The number of halogens is 1. The van der Waals surface area contributed by atoms with Crippen LogP contribution in [0, 0.1) is 0 Å². The van der Waals surface area contributed by atoms with Gasteiger partial charge in [-0.15, -0.1) is 23.7 Å². The van der Waals surface area contributed by atoms with Gasteiger partial charge in [-0.25, -0.2) is 4.98 Å². The topological polar surface area (TPSA) is 71.8 Å². The number of rotatable bonds is 4. The predicted octanol–water partition coefficient (Wildman–Crippen LogP) is 3.61. The van der Waals surface area contributed by atoms with Gasteiger partial charge in [0.05, 0.1) is 6.04 Å². The van der Waals surface area contributed by atoms with Gasteiger partial charge in [-0.2, -0.15) is 5.10 Å². The van der Waals surface area contributed by atoms with Crippen LogP contribution in [0.3, 0.4) is 0 Å². The van der Waals surface area contributed by atoms with Crippen LogP contribution in [-0.4, -0.2) is 33.8 Å². The summed E-state index contributed by atoms with van der Waals surface area (Å²) in [4.78, 5) is 16.7. The molecule has 2 N–H and O–H groups in total. The van der Waals surface area contributed by atoms with Crippen LogP contribution >= 0.6 is 23.7 Å². The van der Waals surface area contributed by atoms with Gasteiger partial charge in [0.15, 0.2) is 5.69 Å². The van der Waals surface area contributed by atoms with E-state index in [0.29, 0.717) is 11.7 Å². The second kappa shape index (κ2) is 8.44. The maximum Gasteiger partial charge on any atom is 0.276 e. The highest BCUT2D eigenvalue weighted by Gasteiger charge is 2.17. The van der Waals surface area contributed by atoms with Crippen molar-refractivity contribution in [2.45, 2.75) is 18.9 Å². The molecule has 1 atom stereocenters. The average molecular weight is 390 g/mol. The number of nitrogens with one attached hydrogen (secondary N) is 2. The first-order valence-corrected chi connectivity index (χ1v) is 9.25. The van der Waals surface area contributed by atoms with Crippen LogP contribution in [0.5, 0.6) is 0 Å². The summed E-state index contributed by atoms with van der Waals surface area (Å²) in [6, 6.07) is 9.79. The SMILES string of the molecule is Cl.O=C(Nc1ccc(-c2nccs2)cc1)c1ccn(C2CCCNC2)n1. The average Bonchev–Trinajstić information content (AvgIpc) is 3.35. The van der Waals surface area contributed by atoms with Crippen molar-refractivity contribution in [3.8, 4) is 10.6 Å². The first kappa shape index (κ1) is 18.6. The van der Waals surface area contributed by atoms with Crippen LogP contribution in [0.2, 0.25) is 0 Å². The molecular formula is C18H20ClN5OS. The fourth-order valence-corrected chi connectivity index (χ4v) is 3.62. The van der Waals surface area contributed by atoms with Crippen LogP contribution in [0.4, 0.5) is 5.69 Å². The highest BCUT2D eigenvalue weighted by molar-refractivity contribution is 7.13. The quantitative estimate of drug-likeness (QED) is 0.715. The number of hydrogen-bond acceptors (Lipinski definition) is 5. The lowest BCUT2D eigenvalue weighted by molar-refractivity contribution is 0.102. The zero-order valence-electron chi connectivity index (χ0n) is 14.1. The molecule has 26 heavy (non-hydrogen) atoms. The number of piperidine rings is 1. The standard InChI is InChI=1S/C18H19N5OS.ClH/c24-17(16-7-10-23(22-16)15-2-1-8-19-12-15)21-14-5-3-13(4-6-14)18-20-9-11-25-18;/h3-7,9-11,15,19H,1-2,8,12H2,(H,21,24);1H. The van der Waals surface area contributed by atoms with Crippen molar-refractivity contribution in [1.82, 2.24) is 20.1 Å². The molecule has 136 valence electrons. The number of benzene rings is 1. The normalized spacial score (nSPS) is 16.7. The lowest BCUT2D eigenvalue weighted by atomic mass is 10.1. The van der Waals surface area contributed by atoms with E-state index >= 15 is 0 Å². The Morgan fingerprint density at radius 3 is 2.81 bits per heavy atom. The molecule has 0 aliphatic carbocycles. The zero-order chi connectivity index (χ0) is 17.1. The van der Waals surface area contributed by atoms with Crippen molar-refractivity contribution in [1.29, 1.82) is 0 Å². The van der Waals surface area contributed by atoms with Gasteiger partial charge < -0.3 is 10.6 Å². The molecule has 6 nitrogen and oxygen atoms in total. The molecule has 1 amide bonds. The molecule has 3 aromatic rings. The maximum absolute atomic E-state index is 12.4. The van der Waals surface area contributed by atoms with E-state index in [2.05, 4.69) is 20.7 Å². The van der Waals surface area contributed by atoms with E-state index in [0.717, 1.165) is 42.2 Å². The van der Waals surface area contributed by atoms with Gasteiger partial charge in [-0.05, 0) is 49.7 Å². The molecule has 1 aliphatic heterocycles. The Bertz CT molecular complexity index is 841. The summed E-state index contributed by atoms with van der Waals surface area (Å²) in [5.74, 6) is -0.190. The number of amides is 1. The van der Waals surface area contributed by atoms with Gasteiger partial charge in [0, 0.05) is 35.6 Å². The molecule has 1 fully saturated rings. The van der Waals surface area contributed by atoms with Crippen molar-refractivity contribution in [2.24, 2.45) is 0 Å². The minimum Gasteiger partial charge on any atom is -0.321 e. The van der Waals surface area contributed by atoms with Gasteiger partial charge in [0.25, 0.3) is 5.91 Å². The van der Waals surface area contributed by atoms with E-state index in [1.165, 1.54) is 0 Å². The molecule has 8 heteroatoms. The first-order valence-electron chi connectivity index (χ1n) is 8.37. The number of anilines is 1. The van der Waals surface area contributed by atoms with E-state index in [4.69, 9.17) is 0 Å². The molecule has 3 heterocycles. The van der Waals surface area contributed by atoms with Crippen LogP contribution in [0.15, 0.2) is 48.1 Å². The molecule has 0 spiro atoms. The molecule has 0 bridgehead atoms. The van der Waals surface area contributed by atoms with Crippen LogP contribution in [-0.2, 0) is 0 Å². The Morgan fingerprint density at radius 2 is 2.12 bits per heavy atom. The second-order valence-corrected chi connectivity index (χ2v) is 6.94. The minimum atomic E-state index is -0.190. The van der Waals surface area contributed by atoms with E-state index in [-0.39, 0.29) is 18.3 Å². The molecule has 0 radical (unpaired) electrons. The number of carbonyl (C=O) groups excluding carboxylic acids is 1. The molecule has 0 saturated carbocycles. The lowest BCUT2D eigenvalue weighted by Crippen LogP contribution is -2.32. The number of carbonyl (C=O) groups is 1. The van der Waals surface area contributed by atoms with Crippen molar-refractivity contribution in [3.05, 3.63) is 53.8 Å². The summed E-state index contributed by atoms with van der Waals surface area (Å²) in [7, 11) is 0. The van der Waals surface area contributed by atoms with Gasteiger partial charge >= 0.3 is 0 Å². The molecular weight excluding hydrogens is 370 g/mol. The van der Waals surface area contributed by atoms with Crippen LogP contribution in [0.1, 0.15) is 29.4 Å². The van der Waals surface area contributed by atoms with Gasteiger partial charge in [-0.1, -0.05) is 0 Å². The highest BCUT2D eigenvalue weighted by Crippen LogP contribution is 2.23. The minimum absolute atomic E-state index is 0. The van der Waals surface area contributed by atoms with Gasteiger partial charge in [0.2, 0.25) is 0 Å². The fourth-order valence-electron chi connectivity index (χ4n) is 2.98. The summed E-state index contributed by atoms with van der Waals surface area (Å²) < 4.78 is 1.90. The van der Waals surface area contributed by atoms with Crippen molar-refractivity contribution >= 4 is 35.3 Å². The molecule has 1 unspecified atom stereocenters. The molecule has 1 aromatic carbocycles. The monoisotopic (exact) mass is 389 g/mol. The third-order valence-electron chi connectivity index (χ3n) is 4.31. The summed E-state index contributed by atoms with van der Waals surface area (Å²) in [6.45, 7) is 1.96. The second-order valence-electron chi connectivity index (χ2n) is 6.05. The third kappa shape index (κ3) is 4.12. The van der Waals surface area contributed by atoms with E-state index in [1.807, 2.05) is 40.5 Å². The Labute approximate surface area is 162 Å². The number of thiazole rings is 1. The lowest BCUT2D eigenvalue weighted by Gasteiger charge is -2.22. The highest BCUT2D eigenvalue weighted by atomic mass is 35.5. The molecule has 1 aliphatic rings. The Balaban J connectivity index is 0.00000196. The van der Waals surface area contributed by atoms with Gasteiger partial charge in [0.1, 0.15) is 5.01 Å². The zero-order valence-corrected chi connectivity index (χ0v) is 15.7. The summed E-state index contributed by atoms with van der Waals surface area (Å²) >= 11 is 1.59. The summed E-state index contributed by atoms with van der Waals surface area (Å²) in [5.41, 5.74) is 2.23. The Morgan fingerprint density at radius 1 is 1.27 bits per heavy atom. The van der Waals surface area contributed by atoms with E-state index < -0.39 is 0 Å². The molecule has 1 saturated heterocycles. The van der Waals surface area contributed by atoms with Gasteiger partial charge in [-0.3, -0.25) is 9.48 Å². The maximum atomic E-state index is 12.4. The fraction of sp³-hybridized carbons (Fsp3) is 0.278. The molecule has 4 rings (SSSR count). The van der Waals surface area contributed by atoms with E-state index in [9.17, 15) is 4.79 Å². The Kier molecular flexibility index (Phi) is 6.03. The predicted molar refractivity (Wildman–Crippen MR) is 106 cm³/mol. The smallest absolute Gasteiger partial charge is 0.276 e. The Hall–Kier alpha value is -2.22. The number of aromatic nitrogens is 3. The summed E-state index contributed by atoms with van der Waals surface area (Å²) in [6.07, 6.45) is 5.90. The van der Waals surface area contributed by atoms with Crippen LogP contribution < -0.4 is 10.6 Å². The largest absolute Gasteiger partial charge is 0.321 e. The van der Waals surface area contributed by atoms with Crippen molar-refractivity contribution in [2.75, 3.05) is 18.4 Å². The van der Waals surface area contributed by atoms with Crippen molar-refractivity contribution < 1.29 is 4.79 Å². The third-order valence-corrected chi connectivity index (χ3v) is 5.13. The number of hydrogen-bond donors (Lipinski definition) is 2. The number of nitrogens with zero attached hydrogens (tertiary/aromatic N) is 3.